The molecule has 0 spiro atoms. The summed E-state index contributed by atoms with van der Waals surface area (Å²) in [6, 6.07) is 1.61. The van der Waals surface area contributed by atoms with E-state index < -0.39 is 0 Å². The molecule has 4 atom stereocenters. The summed E-state index contributed by atoms with van der Waals surface area (Å²) in [6.07, 6.45) is 10.1. The molecule has 3 aliphatic rings. The molecule has 2 saturated carbocycles. The number of hydrogen-bond donors (Lipinski definition) is 1. The van der Waals surface area contributed by atoms with Crippen LogP contribution in [0.5, 0.6) is 0 Å². The van der Waals surface area contributed by atoms with Crippen LogP contribution in [0.1, 0.15) is 72.6 Å². The maximum absolute atomic E-state index is 3.94. The first-order chi connectivity index (χ1) is 10.0. The van der Waals surface area contributed by atoms with Gasteiger partial charge in [0.1, 0.15) is 0 Å². The van der Waals surface area contributed by atoms with E-state index in [1.807, 2.05) is 0 Å². The number of nitrogens with one attached hydrogen (secondary N) is 1. The van der Waals surface area contributed by atoms with Crippen molar-refractivity contribution in [3.63, 3.8) is 0 Å². The van der Waals surface area contributed by atoms with Crippen LogP contribution in [0.15, 0.2) is 0 Å². The zero-order valence-electron chi connectivity index (χ0n) is 14.7. The zero-order chi connectivity index (χ0) is 15.0. The Bertz CT molecular complexity index is 349. The fourth-order valence-electron chi connectivity index (χ4n) is 4.95. The Labute approximate surface area is 132 Å². The SMILES string of the molecule is CCC1CCCC(N2CC(C)(C3CC3)NCC2C(C)C)C1. The van der Waals surface area contributed by atoms with Gasteiger partial charge in [0.05, 0.1) is 0 Å². The van der Waals surface area contributed by atoms with E-state index in [4.69, 9.17) is 0 Å². The van der Waals surface area contributed by atoms with Gasteiger partial charge in [-0.1, -0.05) is 40.0 Å². The molecule has 2 aliphatic carbocycles. The molecule has 0 radical (unpaired) electrons. The van der Waals surface area contributed by atoms with Crippen LogP contribution in [0.2, 0.25) is 0 Å². The lowest BCUT2D eigenvalue weighted by Gasteiger charge is -2.52. The second kappa shape index (κ2) is 6.20. The maximum Gasteiger partial charge on any atom is 0.0309 e. The summed E-state index contributed by atoms with van der Waals surface area (Å²) >= 11 is 0. The standard InChI is InChI=1S/C19H36N2/c1-5-15-7-6-8-17(11-15)21-13-19(4,16-9-10-16)20-12-18(21)14(2)3/h14-18,20H,5-13H2,1-4H3. The molecular formula is C19H36N2. The van der Waals surface area contributed by atoms with Gasteiger partial charge in [-0.25, -0.2) is 0 Å². The maximum atomic E-state index is 3.94. The second-order valence-corrected chi connectivity index (χ2v) is 8.65. The first-order valence-electron chi connectivity index (χ1n) is 9.54. The van der Waals surface area contributed by atoms with Crippen molar-refractivity contribution in [1.82, 2.24) is 10.2 Å². The molecule has 3 fully saturated rings. The van der Waals surface area contributed by atoms with E-state index >= 15 is 0 Å². The van der Waals surface area contributed by atoms with Crippen molar-refractivity contribution < 1.29 is 0 Å². The van der Waals surface area contributed by atoms with E-state index in [0.29, 0.717) is 5.54 Å². The summed E-state index contributed by atoms with van der Waals surface area (Å²) in [7, 11) is 0. The molecular weight excluding hydrogens is 256 g/mol. The Morgan fingerprint density at radius 3 is 2.57 bits per heavy atom. The fraction of sp³-hybridized carbons (Fsp3) is 1.00. The molecule has 2 heteroatoms. The molecule has 2 nitrogen and oxygen atoms in total. The molecule has 21 heavy (non-hydrogen) atoms. The van der Waals surface area contributed by atoms with Crippen LogP contribution in [-0.4, -0.2) is 35.6 Å². The number of rotatable bonds is 4. The number of nitrogens with zero attached hydrogens (tertiary/aromatic N) is 1. The molecule has 3 rings (SSSR count). The third-order valence-corrected chi connectivity index (χ3v) is 6.70. The van der Waals surface area contributed by atoms with Crippen molar-refractivity contribution in [1.29, 1.82) is 0 Å². The van der Waals surface area contributed by atoms with Crippen molar-refractivity contribution in [3.8, 4) is 0 Å². The highest BCUT2D eigenvalue weighted by Gasteiger charge is 2.48. The molecule has 1 N–H and O–H groups in total. The Balaban J connectivity index is 1.73. The average Bonchev–Trinajstić information content (AvgIpc) is 3.32. The quantitative estimate of drug-likeness (QED) is 0.841. The van der Waals surface area contributed by atoms with Crippen LogP contribution >= 0.6 is 0 Å². The first-order valence-corrected chi connectivity index (χ1v) is 9.54. The lowest BCUT2D eigenvalue weighted by Crippen LogP contribution is -2.67. The van der Waals surface area contributed by atoms with Gasteiger partial charge >= 0.3 is 0 Å². The fourth-order valence-corrected chi connectivity index (χ4v) is 4.95. The van der Waals surface area contributed by atoms with Gasteiger partial charge in [-0.3, -0.25) is 4.90 Å². The molecule has 0 amide bonds. The summed E-state index contributed by atoms with van der Waals surface area (Å²) in [5.41, 5.74) is 0.393. The third kappa shape index (κ3) is 3.32. The summed E-state index contributed by atoms with van der Waals surface area (Å²) in [6.45, 7) is 12.2. The van der Waals surface area contributed by atoms with Crippen LogP contribution in [0.25, 0.3) is 0 Å². The molecule has 1 heterocycles. The predicted molar refractivity (Wildman–Crippen MR) is 90.5 cm³/mol. The topological polar surface area (TPSA) is 15.3 Å². The minimum absolute atomic E-state index is 0.393. The average molecular weight is 293 g/mol. The largest absolute Gasteiger partial charge is 0.308 e. The van der Waals surface area contributed by atoms with Crippen molar-refractivity contribution in [2.45, 2.75) is 90.3 Å². The van der Waals surface area contributed by atoms with E-state index in [2.05, 4.69) is 37.9 Å². The molecule has 122 valence electrons. The highest BCUT2D eigenvalue weighted by molar-refractivity contribution is 5.06. The molecule has 0 aromatic heterocycles. The molecule has 0 aromatic rings. The normalized spacial score (nSPS) is 42.4. The lowest BCUT2D eigenvalue weighted by atomic mass is 9.80. The molecule has 1 saturated heterocycles. The van der Waals surface area contributed by atoms with Crippen LogP contribution in [0.4, 0.5) is 0 Å². The van der Waals surface area contributed by atoms with E-state index in [0.717, 1.165) is 29.8 Å². The van der Waals surface area contributed by atoms with Gasteiger partial charge in [0.15, 0.2) is 0 Å². The summed E-state index contributed by atoms with van der Waals surface area (Å²) in [5, 5.41) is 3.94. The van der Waals surface area contributed by atoms with Crippen LogP contribution in [0, 0.1) is 17.8 Å². The van der Waals surface area contributed by atoms with Crippen LogP contribution < -0.4 is 5.32 Å². The Morgan fingerprint density at radius 2 is 1.95 bits per heavy atom. The molecule has 4 unspecified atom stereocenters. The van der Waals surface area contributed by atoms with Crippen LogP contribution in [-0.2, 0) is 0 Å². The monoisotopic (exact) mass is 292 g/mol. The minimum atomic E-state index is 0.393. The Morgan fingerprint density at radius 1 is 1.19 bits per heavy atom. The van der Waals surface area contributed by atoms with Crippen LogP contribution in [0.3, 0.4) is 0 Å². The van der Waals surface area contributed by atoms with Crippen molar-refractivity contribution >= 4 is 0 Å². The van der Waals surface area contributed by atoms with Crippen molar-refractivity contribution in [2.75, 3.05) is 13.1 Å². The van der Waals surface area contributed by atoms with E-state index in [9.17, 15) is 0 Å². The van der Waals surface area contributed by atoms with Gasteiger partial charge in [-0.05, 0) is 50.4 Å². The van der Waals surface area contributed by atoms with E-state index in [1.165, 1.54) is 58.0 Å². The highest BCUT2D eigenvalue weighted by atomic mass is 15.3. The van der Waals surface area contributed by atoms with Crippen molar-refractivity contribution in [3.05, 3.63) is 0 Å². The third-order valence-electron chi connectivity index (χ3n) is 6.70. The Kier molecular flexibility index (Phi) is 4.66. The molecule has 1 aliphatic heterocycles. The van der Waals surface area contributed by atoms with E-state index in [-0.39, 0.29) is 0 Å². The number of hydrogen-bond acceptors (Lipinski definition) is 2. The summed E-state index contributed by atoms with van der Waals surface area (Å²) in [4.78, 5) is 2.95. The predicted octanol–water partition coefficient (Wildman–Crippen LogP) is 4.05. The zero-order valence-corrected chi connectivity index (χ0v) is 14.7. The van der Waals surface area contributed by atoms with Crippen molar-refractivity contribution in [2.24, 2.45) is 17.8 Å². The van der Waals surface area contributed by atoms with Gasteiger partial charge in [0.2, 0.25) is 0 Å². The Hall–Kier alpha value is -0.0800. The van der Waals surface area contributed by atoms with Gasteiger partial charge in [-0.15, -0.1) is 0 Å². The molecule has 0 bridgehead atoms. The number of piperazine rings is 1. The van der Waals surface area contributed by atoms with Gasteiger partial charge in [0.25, 0.3) is 0 Å². The van der Waals surface area contributed by atoms with Gasteiger partial charge < -0.3 is 5.32 Å². The lowest BCUT2D eigenvalue weighted by molar-refractivity contribution is -0.00193. The first kappa shape index (κ1) is 15.8. The smallest absolute Gasteiger partial charge is 0.0309 e. The summed E-state index contributed by atoms with van der Waals surface area (Å²) < 4.78 is 0. The van der Waals surface area contributed by atoms with Gasteiger partial charge in [0, 0.05) is 30.7 Å². The summed E-state index contributed by atoms with van der Waals surface area (Å²) in [5.74, 6) is 2.69. The molecule has 0 aromatic carbocycles. The highest BCUT2D eigenvalue weighted by Crippen LogP contribution is 2.43. The van der Waals surface area contributed by atoms with Gasteiger partial charge in [-0.2, -0.15) is 0 Å². The second-order valence-electron chi connectivity index (χ2n) is 8.65. The van der Waals surface area contributed by atoms with E-state index in [1.54, 1.807) is 0 Å². The minimum Gasteiger partial charge on any atom is -0.308 e.